The van der Waals surface area contributed by atoms with Gasteiger partial charge in [0, 0.05) is 12.6 Å². The Morgan fingerprint density at radius 3 is 2.90 bits per heavy atom. The predicted molar refractivity (Wildman–Crippen MR) is 83.4 cm³/mol. The van der Waals surface area contributed by atoms with Crippen LogP contribution in [0.4, 0.5) is 5.69 Å². The van der Waals surface area contributed by atoms with E-state index < -0.39 is 0 Å². The first-order chi connectivity index (χ1) is 9.54. The molecule has 20 heavy (non-hydrogen) atoms. The second kappa shape index (κ2) is 6.61. The molecule has 3 atom stereocenters. The Balaban J connectivity index is 2.17. The molecular formula is C15H24ClN3O. The maximum absolute atomic E-state index is 12.1. The van der Waals surface area contributed by atoms with E-state index in [1.807, 2.05) is 6.92 Å². The highest BCUT2D eigenvalue weighted by atomic mass is 35.5. The second-order valence-corrected chi connectivity index (χ2v) is 6.30. The smallest absolute Gasteiger partial charge is 0.287 e. The first kappa shape index (κ1) is 15.4. The number of hydrogen-bond acceptors (Lipinski definition) is 3. The molecule has 0 spiro atoms. The molecule has 1 N–H and O–H groups in total. The monoisotopic (exact) mass is 297 g/mol. The summed E-state index contributed by atoms with van der Waals surface area (Å²) >= 11 is 6.20. The fourth-order valence-corrected chi connectivity index (χ4v) is 3.12. The molecule has 1 aliphatic carbocycles. The molecule has 1 aromatic heterocycles. The SMILES string of the molecule is CCCn1ncc(NC2CCCC(C)C2C)c(Cl)c1=O. The Morgan fingerprint density at radius 1 is 1.45 bits per heavy atom. The molecule has 1 fully saturated rings. The Morgan fingerprint density at radius 2 is 2.20 bits per heavy atom. The summed E-state index contributed by atoms with van der Waals surface area (Å²) in [4.78, 5) is 12.1. The number of nitrogens with one attached hydrogen (secondary N) is 1. The summed E-state index contributed by atoms with van der Waals surface area (Å²) in [6.07, 6.45) is 6.18. The Bertz CT molecular complexity index is 514. The third kappa shape index (κ3) is 3.17. The molecule has 5 heteroatoms. The van der Waals surface area contributed by atoms with E-state index in [2.05, 4.69) is 24.3 Å². The fourth-order valence-electron chi connectivity index (χ4n) is 2.92. The Labute approximate surface area is 125 Å². The van der Waals surface area contributed by atoms with E-state index in [9.17, 15) is 4.79 Å². The molecule has 1 aromatic rings. The summed E-state index contributed by atoms with van der Waals surface area (Å²) in [5.41, 5.74) is 0.477. The zero-order chi connectivity index (χ0) is 14.7. The molecule has 0 radical (unpaired) electrons. The average Bonchev–Trinajstić information content (AvgIpc) is 2.43. The lowest BCUT2D eigenvalue weighted by Crippen LogP contribution is -2.36. The van der Waals surface area contributed by atoms with Crippen molar-refractivity contribution < 1.29 is 0 Å². The topological polar surface area (TPSA) is 46.9 Å². The largest absolute Gasteiger partial charge is 0.379 e. The fraction of sp³-hybridized carbons (Fsp3) is 0.733. The molecule has 112 valence electrons. The normalized spacial score (nSPS) is 26.5. The van der Waals surface area contributed by atoms with Gasteiger partial charge in [-0.15, -0.1) is 0 Å². The summed E-state index contributed by atoms with van der Waals surface area (Å²) in [6.45, 7) is 7.17. The number of hydrogen-bond donors (Lipinski definition) is 1. The maximum Gasteiger partial charge on any atom is 0.287 e. The van der Waals surface area contributed by atoms with Crippen molar-refractivity contribution in [2.24, 2.45) is 11.8 Å². The van der Waals surface area contributed by atoms with Gasteiger partial charge in [0.15, 0.2) is 0 Å². The number of anilines is 1. The molecule has 0 aliphatic heterocycles. The number of nitrogens with zero attached hydrogens (tertiary/aromatic N) is 2. The maximum atomic E-state index is 12.1. The van der Waals surface area contributed by atoms with Gasteiger partial charge < -0.3 is 5.32 Å². The van der Waals surface area contributed by atoms with Gasteiger partial charge in [-0.05, 0) is 24.7 Å². The Kier molecular flexibility index (Phi) is 5.08. The highest BCUT2D eigenvalue weighted by Gasteiger charge is 2.27. The van der Waals surface area contributed by atoms with Crippen LogP contribution in [0.2, 0.25) is 5.02 Å². The molecule has 0 aromatic carbocycles. The van der Waals surface area contributed by atoms with Crippen molar-refractivity contribution in [3.05, 3.63) is 21.6 Å². The number of rotatable bonds is 4. The summed E-state index contributed by atoms with van der Waals surface area (Å²) in [5, 5.41) is 7.89. The van der Waals surface area contributed by atoms with Crippen molar-refractivity contribution in [3.63, 3.8) is 0 Å². The third-order valence-corrected chi connectivity index (χ3v) is 4.83. The second-order valence-electron chi connectivity index (χ2n) is 5.92. The summed E-state index contributed by atoms with van der Waals surface area (Å²) < 4.78 is 1.43. The van der Waals surface area contributed by atoms with Gasteiger partial charge in [0.05, 0.1) is 11.9 Å². The molecule has 4 nitrogen and oxygen atoms in total. The minimum atomic E-state index is -0.199. The molecule has 1 aliphatic rings. The van der Waals surface area contributed by atoms with E-state index in [4.69, 9.17) is 11.6 Å². The highest BCUT2D eigenvalue weighted by molar-refractivity contribution is 6.32. The molecule has 3 unspecified atom stereocenters. The van der Waals surface area contributed by atoms with Crippen LogP contribution >= 0.6 is 11.6 Å². The lowest BCUT2D eigenvalue weighted by Gasteiger charge is -2.35. The van der Waals surface area contributed by atoms with Crippen LogP contribution in [0.3, 0.4) is 0 Å². The van der Waals surface area contributed by atoms with Gasteiger partial charge in [-0.2, -0.15) is 5.10 Å². The van der Waals surface area contributed by atoms with Gasteiger partial charge in [0.25, 0.3) is 5.56 Å². The van der Waals surface area contributed by atoms with Crippen molar-refractivity contribution >= 4 is 17.3 Å². The van der Waals surface area contributed by atoms with Gasteiger partial charge in [0.2, 0.25) is 0 Å². The minimum absolute atomic E-state index is 0.199. The van der Waals surface area contributed by atoms with Crippen molar-refractivity contribution in [2.45, 2.75) is 59.0 Å². The van der Waals surface area contributed by atoms with Crippen LogP contribution in [0.5, 0.6) is 0 Å². The van der Waals surface area contributed by atoms with Crippen molar-refractivity contribution in [1.82, 2.24) is 9.78 Å². The van der Waals surface area contributed by atoms with Crippen LogP contribution in [0.1, 0.15) is 46.5 Å². The van der Waals surface area contributed by atoms with Gasteiger partial charge in [-0.3, -0.25) is 4.79 Å². The van der Waals surface area contributed by atoms with Gasteiger partial charge in [-0.25, -0.2) is 4.68 Å². The zero-order valence-corrected chi connectivity index (χ0v) is 13.3. The van der Waals surface area contributed by atoms with Crippen LogP contribution in [-0.2, 0) is 6.54 Å². The van der Waals surface area contributed by atoms with Crippen LogP contribution in [0.25, 0.3) is 0 Å². The van der Waals surface area contributed by atoms with E-state index in [1.165, 1.54) is 17.5 Å². The van der Waals surface area contributed by atoms with E-state index in [0.717, 1.165) is 12.8 Å². The van der Waals surface area contributed by atoms with Crippen LogP contribution in [0.15, 0.2) is 11.0 Å². The molecule has 1 saturated carbocycles. The van der Waals surface area contributed by atoms with E-state index >= 15 is 0 Å². The first-order valence-electron chi connectivity index (χ1n) is 7.56. The van der Waals surface area contributed by atoms with Crippen LogP contribution in [-0.4, -0.2) is 15.8 Å². The van der Waals surface area contributed by atoms with E-state index in [-0.39, 0.29) is 10.6 Å². The lowest BCUT2D eigenvalue weighted by molar-refractivity contribution is 0.253. The molecule has 0 amide bonds. The molecule has 2 rings (SSSR count). The van der Waals surface area contributed by atoms with Crippen molar-refractivity contribution in [3.8, 4) is 0 Å². The zero-order valence-electron chi connectivity index (χ0n) is 12.5. The number of halogens is 1. The number of aryl methyl sites for hydroxylation is 1. The quantitative estimate of drug-likeness (QED) is 0.924. The molecular weight excluding hydrogens is 274 g/mol. The summed E-state index contributed by atoms with van der Waals surface area (Å²) in [6, 6.07) is 0.375. The van der Waals surface area contributed by atoms with Gasteiger partial charge in [0.1, 0.15) is 5.02 Å². The van der Waals surface area contributed by atoms with Crippen LogP contribution < -0.4 is 10.9 Å². The predicted octanol–water partition coefficient (Wildman–Crippen LogP) is 3.54. The molecule has 0 saturated heterocycles. The molecule has 1 heterocycles. The van der Waals surface area contributed by atoms with Crippen LogP contribution in [0, 0.1) is 11.8 Å². The summed E-state index contributed by atoms with van der Waals surface area (Å²) in [5.74, 6) is 1.28. The van der Waals surface area contributed by atoms with Gasteiger partial charge >= 0.3 is 0 Å². The Hall–Kier alpha value is -1.03. The first-order valence-corrected chi connectivity index (χ1v) is 7.94. The highest BCUT2D eigenvalue weighted by Crippen LogP contribution is 2.32. The van der Waals surface area contributed by atoms with Crippen molar-refractivity contribution in [2.75, 3.05) is 5.32 Å². The van der Waals surface area contributed by atoms with Gasteiger partial charge in [-0.1, -0.05) is 45.2 Å². The number of aromatic nitrogens is 2. The minimum Gasteiger partial charge on any atom is -0.379 e. The standard InChI is InChI=1S/C15H24ClN3O/c1-4-8-19-15(20)14(16)13(9-17-19)18-12-7-5-6-10(2)11(12)3/h9-12,18H,4-8H2,1-3H3. The van der Waals surface area contributed by atoms with Crippen molar-refractivity contribution in [1.29, 1.82) is 0 Å². The lowest BCUT2D eigenvalue weighted by atomic mass is 9.78. The third-order valence-electron chi connectivity index (χ3n) is 4.47. The molecule has 0 bridgehead atoms. The average molecular weight is 298 g/mol. The van der Waals surface area contributed by atoms with E-state index in [1.54, 1.807) is 6.20 Å². The summed E-state index contributed by atoms with van der Waals surface area (Å²) in [7, 11) is 0. The van der Waals surface area contributed by atoms with E-state index in [0.29, 0.717) is 30.1 Å².